The van der Waals surface area contributed by atoms with E-state index in [2.05, 4.69) is 4.98 Å². The number of halogens is 3. The second kappa shape index (κ2) is 5.13. The van der Waals surface area contributed by atoms with Gasteiger partial charge in [0, 0.05) is 19.8 Å². The van der Waals surface area contributed by atoms with E-state index in [1.54, 1.807) is 6.07 Å². The number of nitrogens with zero attached hydrogens (tertiary/aromatic N) is 2. The molecule has 0 atom stereocenters. The molecule has 1 amide bonds. The first kappa shape index (κ1) is 13.4. The van der Waals surface area contributed by atoms with Crippen molar-refractivity contribution >= 4 is 5.91 Å². The summed E-state index contributed by atoms with van der Waals surface area (Å²) in [5, 5.41) is 0. The molecule has 0 saturated heterocycles. The fourth-order valence-corrected chi connectivity index (χ4v) is 1.21. The van der Waals surface area contributed by atoms with E-state index in [0.717, 1.165) is 7.05 Å². The summed E-state index contributed by atoms with van der Waals surface area (Å²) in [5.74, 6) is -0.772. The molecule has 0 aromatic carbocycles. The topological polar surface area (TPSA) is 59.2 Å². The van der Waals surface area contributed by atoms with Crippen LogP contribution in [-0.4, -0.2) is 35.6 Å². The zero-order chi connectivity index (χ0) is 13.1. The van der Waals surface area contributed by atoms with Crippen molar-refractivity contribution in [1.29, 1.82) is 0 Å². The SMILES string of the molecule is CN(CC(F)(F)F)C(=O)c1ccc(CN)cn1. The number of aromatic nitrogens is 1. The molecule has 0 aliphatic rings. The number of carbonyl (C=O) groups is 1. The number of pyridine rings is 1. The summed E-state index contributed by atoms with van der Waals surface area (Å²) in [5.41, 5.74) is 6.01. The van der Waals surface area contributed by atoms with Crippen molar-refractivity contribution in [1.82, 2.24) is 9.88 Å². The van der Waals surface area contributed by atoms with E-state index in [1.165, 1.54) is 12.3 Å². The highest BCUT2D eigenvalue weighted by Gasteiger charge is 2.31. The van der Waals surface area contributed by atoms with Gasteiger partial charge in [0.1, 0.15) is 12.2 Å². The third-order valence-corrected chi connectivity index (χ3v) is 2.04. The van der Waals surface area contributed by atoms with Gasteiger partial charge in [0.2, 0.25) is 0 Å². The quantitative estimate of drug-likeness (QED) is 0.872. The summed E-state index contributed by atoms with van der Waals surface area (Å²) in [4.78, 5) is 15.9. The van der Waals surface area contributed by atoms with Crippen LogP contribution in [0.25, 0.3) is 0 Å². The highest BCUT2D eigenvalue weighted by atomic mass is 19.4. The van der Waals surface area contributed by atoms with Gasteiger partial charge in [-0.05, 0) is 11.6 Å². The molecule has 0 aliphatic carbocycles. The van der Waals surface area contributed by atoms with Gasteiger partial charge in [0.05, 0.1) is 0 Å². The third kappa shape index (κ3) is 4.03. The second-order valence-corrected chi connectivity index (χ2v) is 3.53. The van der Waals surface area contributed by atoms with Crippen molar-refractivity contribution in [2.75, 3.05) is 13.6 Å². The summed E-state index contributed by atoms with van der Waals surface area (Å²) in [6, 6.07) is 2.92. The Hall–Kier alpha value is -1.63. The molecular weight excluding hydrogens is 235 g/mol. The molecule has 0 saturated carbocycles. The van der Waals surface area contributed by atoms with Crippen molar-refractivity contribution in [3.63, 3.8) is 0 Å². The molecule has 94 valence electrons. The van der Waals surface area contributed by atoms with Crippen LogP contribution in [0.15, 0.2) is 18.3 Å². The van der Waals surface area contributed by atoms with E-state index in [1.807, 2.05) is 0 Å². The van der Waals surface area contributed by atoms with Crippen LogP contribution < -0.4 is 5.73 Å². The highest BCUT2D eigenvalue weighted by Crippen LogP contribution is 2.16. The average Bonchev–Trinajstić information content (AvgIpc) is 2.26. The number of hydrogen-bond donors (Lipinski definition) is 1. The molecule has 0 aliphatic heterocycles. The molecule has 7 heteroatoms. The van der Waals surface area contributed by atoms with Gasteiger partial charge in [-0.25, -0.2) is 0 Å². The van der Waals surface area contributed by atoms with E-state index in [0.29, 0.717) is 10.5 Å². The molecule has 2 N–H and O–H groups in total. The number of carbonyl (C=O) groups excluding carboxylic acids is 1. The maximum absolute atomic E-state index is 12.1. The molecule has 1 rings (SSSR count). The maximum atomic E-state index is 12.1. The van der Waals surface area contributed by atoms with Crippen LogP contribution in [0.5, 0.6) is 0 Å². The normalized spacial score (nSPS) is 11.4. The summed E-state index contributed by atoms with van der Waals surface area (Å²) < 4.78 is 36.2. The third-order valence-electron chi connectivity index (χ3n) is 2.04. The molecule has 0 fully saturated rings. The predicted octanol–water partition coefficient (Wildman–Crippen LogP) is 1.17. The first-order valence-electron chi connectivity index (χ1n) is 4.80. The predicted molar refractivity (Wildman–Crippen MR) is 55.1 cm³/mol. The van der Waals surface area contributed by atoms with Crippen molar-refractivity contribution in [3.05, 3.63) is 29.6 Å². The van der Waals surface area contributed by atoms with Crippen LogP contribution >= 0.6 is 0 Å². The fraction of sp³-hybridized carbons (Fsp3) is 0.400. The van der Waals surface area contributed by atoms with Gasteiger partial charge in [0.15, 0.2) is 0 Å². The van der Waals surface area contributed by atoms with E-state index in [-0.39, 0.29) is 12.2 Å². The van der Waals surface area contributed by atoms with Crippen LogP contribution in [0.1, 0.15) is 16.1 Å². The number of alkyl halides is 3. The number of amides is 1. The Morgan fingerprint density at radius 1 is 1.47 bits per heavy atom. The van der Waals surface area contributed by atoms with Crippen LogP contribution in [0, 0.1) is 0 Å². The van der Waals surface area contributed by atoms with Gasteiger partial charge < -0.3 is 10.6 Å². The van der Waals surface area contributed by atoms with Gasteiger partial charge in [-0.2, -0.15) is 13.2 Å². The Morgan fingerprint density at radius 2 is 2.12 bits per heavy atom. The minimum Gasteiger partial charge on any atom is -0.331 e. The smallest absolute Gasteiger partial charge is 0.331 e. The average molecular weight is 247 g/mol. The zero-order valence-corrected chi connectivity index (χ0v) is 9.16. The Bertz CT molecular complexity index is 389. The molecular formula is C10H12F3N3O. The monoisotopic (exact) mass is 247 g/mol. The van der Waals surface area contributed by atoms with Gasteiger partial charge in [0.25, 0.3) is 5.91 Å². The second-order valence-electron chi connectivity index (χ2n) is 3.53. The molecule has 0 unspecified atom stereocenters. The standard InChI is InChI=1S/C10H12F3N3O/c1-16(6-10(11,12)13)9(17)8-3-2-7(4-14)5-15-8/h2-3,5H,4,6,14H2,1H3. The minimum absolute atomic E-state index is 0.0334. The first-order valence-corrected chi connectivity index (χ1v) is 4.80. The van der Waals surface area contributed by atoms with Gasteiger partial charge in [-0.1, -0.05) is 6.07 Å². The number of rotatable bonds is 3. The highest BCUT2D eigenvalue weighted by molar-refractivity contribution is 5.92. The summed E-state index contributed by atoms with van der Waals surface area (Å²) in [7, 11) is 1.08. The Labute approximate surface area is 96.2 Å². The van der Waals surface area contributed by atoms with Gasteiger partial charge >= 0.3 is 6.18 Å². The van der Waals surface area contributed by atoms with Crippen LogP contribution in [0.4, 0.5) is 13.2 Å². The lowest BCUT2D eigenvalue weighted by atomic mass is 10.2. The minimum atomic E-state index is -4.42. The van der Waals surface area contributed by atoms with Crippen molar-refractivity contribution in [2.24, 2.45) is 5.73 Å². The van der Waals surface area contributed by atoms with Crippen molar-refractivity contribution < 1.29 is 18.0 Å². The summed E-state index contributed by atoms with van der Waals surface area (Å²) in [6.07, 6.45) is -3.05. The van der Waals surface area contributed by atoms with Crippen molar-refractivity contribution in [3.8, 4) is 0 Å². The van der Waals surface area contributed by atoms with Gasteiger partial charge in [-0.3, -0.25) is 9.78 Å². The molecule has 1 aromatic rings. The summed E-state index contributed by atoms with van der Waals surface area (Å²) in [6.45, 7) is -1.04. The molecule has 0 spiro atoms. The fourth-order valence-electron chi connectivity index (χ4n) is 1.21. The molecule has 1 heterocycles. The lowest BCUT2D eigenvalue weighted by Crippen LogP contribution is -2.36. The summed E-state index contributed by atoms with van der Waals surface area (Å²) >= 11 is 0. The van der Waals surface area contributed by atoms with Crippen LogP contribution in [0.2, 0.25) is 0 Å². The van der Waals surface area contributed by atoms with E-state index in [4.69, 9.17) is 5.73 Å². The lowest BCUT2D eigenvalue weighted by Gasteiger charge is -2.18. The number of hydrogen-bond acceptors (Lipinski definition) is 3. The molecule has 17 heavy (non-hydrogen) atoms. The maximum Gasteiger partial charge on any atom is 0.406 e. The molecule has 0 bridgehead atoms. The van der Waals surface area contributed by atoms with E-state index in [9.17, 15) is 18.0 Å². The molecule has 0 radical (unpaired) electrons. The Balaban J connectivity index is 2.75. The lowest BCUT2D eigenvalue weighted by molar-refractivity contribution is -0.138. The number of nitrogens with two attached hydrogens (primary N) is 1. The van der Waals surface area contributed by atoms with Crippen LogP contribution in [-0.2, 0) is 6.54 Å². The van der Waals surface area contributed by atoms with Crippen LogP contribution in [0.3, 0.4) is 0 Å². The largest absolute Gasteiger partial charge is 0.406 e. The van der Waals surface area contributed by atoms with E-state index >= 15 is 0 Å². The Kier molecular flexibility index (Phi) is 4.06. The zero-order valence-electron chi connectivity index (χ0n) is 9.16. The van der Waals surface area contributed by atoms with Crippen molar-refractivity contribution in [2.45, 2.75) is 12.7 Å². The Morgan fingerprint density at radius 3 is 2.53 bits per heavy atom. The van der Waals surface area contributed by atoms with E-state index < -0.39 is 18.6 Å². The van der Waals surface area contributed by atoms with Gasteiger partial charge in [-0.15, -0.1) is 0 Å². The molecule has 1 aromatic heterocycles. The first-order chi connectivity index (χ1) is 7.83. The molecule has 4 nitrogen and oxygen atoms in total.